The number of amides is 1. The summed E-state index contributed by atoms with van der Waals surface area (Å²) in [6.07, 6.45) is 1.56. The van der Waals surface area contributed by atoms with Crippen molar-refractivity contribution in [3.05, 3.63) is 65.0 Å². The first-order valence-electron chi connectivity index (χ1n) is 10.2. The molecule has 1 saturated heterocycles. The van der Waals surface area contributed by atoms with Crippen LogP contribution in [0.4, 0.5) is 0 Å². The van der Waals surface area contributed by atoms with Gasteiger partial charge in [-0.05, 0) is 57.0 Å². The second-order valence-corrected chi connectivity index (χ2v) is 7.75. The molecule has 1 amide bonds. The first kappa shape index (κ1) is 20.0. The molecule has 3 aromatic rings. The monoisotopic (exact) mass is 403 g/mol. The number of para-hydroxylation sites is 1. The number of carbonyl (C=O) groups is 2. The molecule has 30 heavy (non-hydrogen) atoms. The number of Topliss-reactive ketones (excluding diaryl/α,β-unsaturated/α-hetero) is 1. The van der Waals surface area contributed by atoms with Crippen LogP contribution in [0, 0.1) is 19.8 Å². The van der Waals surface area contributed by atoms with E-state index in [1.54, 1.807) is 36.3 Å². The molecule has 0 N–H and O–H groups in total. The number of carbonyl (C=O) groups excluding carboxylic acids is 2. The van der Waals surface area contributed by atoms with E-state index in [1.807, 2.05) is 32.0 Å². The Hall–Kier alpha value is -3.28. The number of likely N-dealkylation sites (tertiary alicyclic amines) is 1. The molecular weight excluding hydrogens is 378 g/mol. The summed E-state index contributed by atoms with van der Waals surface area (Å²) in [5, 5.41) is 0. The maximum atomic E-state index is 13.2. The van der Waals surface area contributed by atoms with Crippen LogP contribution < -0.4 is 4.74 Å². The predicted molar refractivity (Wildman–Crippen MR) is 115 cm³/mol. The summed E-state index contributed by atoms with van der Waals surface area (Å²) in [6, 6.07) is 12.7. The predicted octanol–water partition coefficient (Wildman–Crippen LogP) is 3.99. The van der Waals surface area contributed by atoms with Gasteiger partial charge in [0.05, 0.1) is 35.1 Å². The number of methoxy groups -OCH3 is 1. The summed E-state index contributed by atoms with van der Waals surface area (Å²) in [5.74, 6) is 0.295. The van der Waals surface area contributed by atoms with Crippen LogP contribution in [0.2, 0.25) is 0 Å². The number of benzene rings is 2. The van der Waals surface area contributed by atoms with Gasteiger partial charge in [-0.2, -0.15) is 0 Å². The van der Waals surface area contributed by atoms with E-state index in [-0.39, 0.29) is 17.6 Å². The Balaban J connectivity index is 1.55. The van der Waals surface area contributed by atoms with Gasteiger partial charge in [-0.3, -0.25) is 9.59 Å². The smallest absolute Gasteiger partial charge is 0.253 e. The molecular formula is C24H25N3O3. The molecule has 2 aromatic carbocycles. The highest BCUT2D eigenvalue weighted by atomic mass is 16.5. The largest absolute Gasteiger partial charge is 0.496 e. The molecule has 0 bridgehead atoms. The molecule has 1 aliphatic rings. The molecule has 1 aliphatic heterocycles. The fourth-order valence-electron chi connectivity index (χ4n) is 3.99. The fraction of sp³-hybridized carbons (Fsp3) is 0.333. The van der Waals surface area contributed by atoms with Gasteiger partial charge >= 0.3 is 0 Å². The Morgan fingerprint density at radius 2 is 1.77 bits per heavy atom. The average Bonchev–Trinajstić information content (AvgIpc) is 2.78. The summed E-state index contributed by atoms with van der Waals surface area (Å²) < 4.78 is 5.35. The van der Waals surface area contributed by atoms with Gasteiger partial charge in [0, 0.05) is 24.6 Å². The summed E-state index contributed by atoms with van der Waals surface area (Å²) in [6.45, 7) is 4.89. The zero-order valence-electron chi connectivity index (χ0n) is 17.5. The highest BCUT2D eigenvalue weighted by Crippen LogP contribution is 2.27. The van der Waals surface area contributed by atoms with Crippen molar-refractivity contribution in [2.45, 2.75) is 26.7 Å². The maximum absolute atomic E-state index is 13.2. The molecule has 1 atom stereocenters. The Morgan fingerprint density at radius 3 is 2.53 bits per heavy atom. The van der Waals surface area contributed by atoms with Crippen molar-refractivity contribution >= 4 is 22.7 Å². The third-order valence-electron chi connectivity index (χ3n) is 5.77. The van der Waals surface area contributed by atoms with Crippen LogP contribution in [0.5, 0.6) is 5.75 Å². The topological polar surface area (TPSA) is 72.4 Å². The van der Waals surface area contributed by atoms with Crippen molar-refractivity contribution in [3.63, 3.8) is 0 Å². The van der Waals surface area contributed by atoms with Crippen molar-refractivity contribution in [1.82, 2.24) is 14.9 Å². The van der Waals surface area contributed by atoms with Crippen molar-refractivity contribution in [3.8, 4) is 5.75 Å². The van der Waals surface area contributed by atoms with E-state index in [2.05, 4.69) is 9.97 Å². The van der Waals surface area contributed by atoms with Crippen molar-refractivity contribution in [2.24, 2.45) is 5.92 Å². The lowest BCUT2D eigenvalue weighted by Crippen LogP contribution is -2.42. The lowest BCUT2D eigenvalue weighted by molar-refractivity contribution is 0.0636. The third kappa shape index (κ3) is 3.77. The normalized spacial score (nSPS) is 16.5. The minimum atomic E-state index is -0.232. The van der Waals surface area contributed by atoms with E-state index in [1.165, 1.54) is 0 Å². The van der Waals surface area contributed by atoms with Crippen LogP contribution in [-0.2, 0) is 0 Å². The van der Waals surface area contributed by atoms with Gasteiger partial charge in [-0.1, -0.05) is 12.1 Å². The SMILES string of the molecule is COc1ccccc1C(=O)[C@H]1CCCN(C(=O)c2ccc3nc(C)c(C)nc3c2)C1. The van der Waals surface area contributed by atoms with E-state index in [9.17, 15) is 9.59 Å². The molecule has 1 aromatic heterocycles. The highest BCUT2D eigenvalue weighted by molar-refractivity contribution is 6.01. The summed E-state index contributed by atoms with van der Waals surface area (Å²) in [5.41, 5.74) is 4.37. The lowest BCUT2D eigenvalue weighted by atomic mass is 9.89. The van der Waals surface area contributed by atoms with Gasteiger partial charge in [0.2, 0.25) is 0 Å². The number of ketones is 1. The van der Waals surface area contributed by atoms with E-state index in [0.717, 1.165) is 29.7 Å². The van der Waals surface area contributed by atoms with Gasteiger partial charge in [0.25, 0.3) is 5.91 Å². The quantitative estimate of drug-likeness (QED) is 0.616. The highest BCUT2D eigenvalue weighted by Gasteiger charge is 2.30. The number of rotatable bonds is 4. The molecule has 154 valence electrons. The molecule has 0 aliphatic carbocycles. The number of hydrogen-bond donors (Lipinski definition) is 0. The number of nitrogens with zero attached hydrogens (tertiary/aromatic N) is 3. The summed E-state index contributed by atoms with van der Waals surface area (Å²) in [7, 11) is 1.56. The van der Waals surface area contributed by atoms with Crippen molar-refractivity contribution in [2.75, 3.05) is 20.2 Å². The van der Waals surface area contributed by atoms with Crippen LogP contribution in [0.15, 0.2) is 42.5 Å². The zero-order chi connectivity index (χ0) is 21.3. The molecule has 0 saturated carbocycles. The summed E-state index contributed by atoms with van der Waals surface area (Å²) in [4.78, 5) is 37.1. The van der Waals surface area contributed by atoms with Crippen LogP contribution in [0.3, 0.4) is 0 Å². The maximum Gasteiger partial charge on any atom is 0.253 e. The molecule has 0 unspecified atom stereocenters. The number of fused-ring (bicyclic) bond motifs is 1. The zero-order valence-corrected chi connectivity index (χ0v) is 17.5. The van der Waals surface area contributed by atoms with E-state index >= 15 is 0 Å². The lowest BCUT2D eigenvalue weighted by Gasteiger charge is -2.32. The number of piperidine rings is 1. The summed E-state index contributed by atoms with van der Waals surface area (Å²) >= 11 is 0. The Labute approximate surface area is 175 Å². The Kier molecular flexibility index (Phi) is 5.48. The molecule has 1 fully saturated rings. The van der Waals surface area contributed by atoms with Crippen molar-refractivity contribution < 1.29 is 14.3 Å². The minimum absolute atomic E-state index is 0.0282. The van der Waals surface area contributed by atoms with Crippen LogP contribution >= 0.6 is 0 Å². The van der Waals surface area contributed by atoms with E-state index in [4.69, 9.17) is 4.74 Å². The Bertz CT molecular complexity index is 1130. The molecule has 2 heterocycles. The number of ether oxygens (including phenoxy) is 1. The van der Waals surface area contributed by atoms with Gasteiger partial charge in [0.1, 0.15) is 5.75 Å². The van der Waals surface area contributed by atoms with Crippen LogP contribution in [0.25, 0.3) is 11.0 Å². The molecule has 0 spiro atoms. The Morgan fingerprint density at radius 1 is 1.03 bits per heavy atom. The standard InChI is InChI=1S/C24H25N3O3/c1-15-16(2)26-21-13-17(10-11-20(21)25-15)24(29)27-12-6-7-18(14-27)23(28)19-8-4-5-9-22(19)30-3/h4-5,8-11,13,18H,6-7,12,14H2,1-3H3/t18-/m0/s1. The van der Waals surface area contributed by atoms with Gasteiger partial charge in [0.15, 0.2) is 5.78 Å². The van der Waals surface area contributed by atoms with Crippen molar-refractivity contribution in [1.29, 1.82) is 0 Å². The number of aryl methyl sites for hydroxylation is 2. The first-order chi connectivity index (χ1) is 14.5. The fourth-order valence-corrected chi connectivity index (χ4v) is 3.99. The third-order valence-corrected chi connectivity index (χ3v) is 5.77. The average molecular weight is 403 g/mol. The number of aromatic nitrogens is 2. The minimum Gasteiger partial charge on any atom is -0.496 e. The van der Waals surface area contributed by atoms with Crippen LogP contribution in [-0.4, -0.2) is 46.8 Å². The van der Waals surface area contributed by atoms with Crippen LogP contribution in [0.1, 0.15) is 44.9 Å². The number of hydrogen-bond acceptors (Lipinski definition) is 5. The molecule has 4 rings (SSSR count). The van der Waals surface area contributed by atoms with E-state index in [0.29, 0.717) is 35.5 Å². The molecule has 0 radical (unpaired) electrons. The van der Waals surface area contributed by atoms with Gasteiger partial charge < -0.3 is 9.64 Å². The second-order valence-electron chi connectivity index (χ2n) is 7.75. The second kappa shape index (κ2) is 8.22. The first-order valence-corrected chi connectivity index (χ1v) is 10.2. The van der Waals surface area contributed by atoms with Gasteiger partial charge in [-0.25, -0.2) is 9.97 Å². The van der Waals surface area contributed by atoms with Gasteiger partial charge in [-0.15, -0.1) is 0 Å². The molecule has 6 heteroatoms. The molecule has 6 nitrogen and oxygen atoms in total. The van der Waals surface area contributed by atoms with E-state index < -0.39 is 0 Å².